The highest BCUT2D eigenvalue weighted by Gasteiger charge is 2.77. The summed E-state index contributed by atoms with van der Waals surface area (Å²) in [5.74, 6) is -3.59. The average Bonchev–Trinajstić information content (AvgIpc) is 3.60. The molecule has 1 aromatic rings. The average molecular weight is 703 g/mol. The Hall–Kier alpha value is -3.02. The third kappa shape index (κ3) is 6.69. The van der Waals surface area contributed by atoms with Crippen molar-refractivity contribution >= 4 is 39.6 Å². The predicted molar refractivity (Wildman–Crippen MR) is 178 cm³/mol. The largest absolute Gasteiger partial charge is 0.463 e. The van der Waals surface area contributed by atoms with E-state index in [9.17, 15) is 24.3 Å². The van der Waals surface area contributed by atoms with E-state index in [-0.39, 0.29) is 48.7 Å². The van der Waals surface area contributed by atoms with Crippen molar-refractivity contribution in [1.82, 2.24) is 15.1 Å². The van der Waals surface area contributed by atoms with Gasteiger partial charge in [0.25, 0.3) is 0 Å². The molecule has 46 heavy (non-hydrogen) atoms. The van der Waals surface area contributed by atoms with Crippen LogP contribution < -0.4 is 5.32 Å². The summed E-state index contributed by atoms with van der Waals surface area (Å²) in [7, 11) is 0. The highest BCUT2D eigenvalue weighted by atomic mass is 79.9. The smallest absolute Gasteiger partial charge is 0.306 e. The van der Waals surface area contributed by atoms with Crippen molar-refractivity contribution in [2.45, 2.75) is 94.1 Å². The topological polar surface area (TPSA) is 125 Å². The fraction of sp³-hybridized carbons (Fsp3) is 0.600. The van der Waals surface area contributed by atoms with Crippen LogP contribution in [0, 0.1) is 17.8 Å². The lowest BCUT2D eigenvalue weighted by molar-refractivity contribution is -0.155. The molecule has 3 saturated heterocycles. The second kappa shape index (κ2) is 14.4. The summed E-state index contributed by atoms with van der Waals surface area (Å²) < 4.78 is 12.2. The van der Waals surface area contributed by atoms with Gasteiger partial charge in [-0.25, -0.2) is 0 Å². The number of amides is 3. The number of esters is 1. The molecule has 10 nitrogen and oxygen atoms in total. The number of alkyl halides is 1. The Bertz CT molecular complexity index is 1310. The first-order valence-corrected chi connectivity index (χ1v) is 16.9. The van der Waals surface area contributed by atoms with Crippen LogP contribution in [0.2, 0.25) is 0 Å². The van der Waals surface area contributed by atoms with Gasteiger partial charge in [-0.2, -0.15) is 0 Å². The second-order valence-corrected chi connectivity index (χ2v) is 15.0. The molecule has 3 aliphatic heterocycles. The summed E-state index contributed by atoms with van der Waals surface area (Å²) in [5, 5.41) is 13.6. The molecule has 0 radical (unpaired) electrons. The molecule has 3 aliphatic rings. The summed E-state index contributed by atoms with van der Waals surface area (Å²) >= 11 is 3.72. The standard InChI is InChI=1S/C35H48BrN3O7/c1-8-10-16-26(41)45-20-24(22-14-12-11-13-15-22)37-31(42)27-28-32(43)39(25(19-40)21(3)4)30(35(28)18-23(36)29(27)46-35)33(44)38(17-9-2)34(5,6)7/h8-9,11-15,21,23-25,27-30,40H,1-2,10,16-20H2,3-7H3,(H,37,42)/t23?,24-,25+,27-,28+,29-,30-,35+/m1/s1. The Labute approximate surface area is 280 Å². The predicted octanol–water partition coefficient (Wildman–Crippen LogP) is 3.93. The monoisotopic (exact) mass is 701 g/mol. The van der Waals surface area contributed by atoms with Gasteiger partial charge in [0.15, 0.2) is 0 Å². The van der Waals surface area contributed by atoms with Gasteiger partial charge in [0.2, 0.25) is 17.7 Å². The number of carbonyl (C=O) groups is 4. The molecule has 252 valence electrons. The minimum atomic E-state index is -1.29. The normalized spacial score (nSPS) is 28.0. The fourth-order valence-corrected chi connectivity index (χ4v) is 8.18. The lowest BCUT2D eigenvalue weighted by Crippen LogP contribution is -2.62. The number of nitrogens with zero attached hydrogens (tertiary/aromatic N) is 2. The van der Waals surface area contributed by atoms with Crippen molar-refractivity contribution in [3.05, 3.63) is 61.2 Å². The van der Waals surface area contributed by atoms with Crippen molar-refractivity contribution in [3.8, 4) is 0 Å². The molecule has 2 N–H and O–H groups in total. The zero-order chi connectivity index (χ0) is 34.0. The molecule has 2 bridgehead atoms. The van der Waals surface area contributed by atoms with Crippen LogP contribution in [0.25, 0.3) is 0 Å². The van der Waals surface area contributed by atoms with Crippen molar-refractivity contribution in [3.63, 3.8) is 0 Å². The lowest BCUT2D eigenvalue weighted by atomic mass is 9.70. The fourth-order valence-electron chi connectivity index (χ4n) is 7.24. The first-order valence-electron chi connectivity index (χ1n) is 16.0. The molecule has 0 saturated carbocycles. The number of ether oxygens (including phenoxy) is 2. The van der Waals surface area contributed by atoms with Gasteiger partial charge >= 0.3 is 5.97 Å². The van der Waals surface area contributed by atoms with Gasteiger partial charge in [-0.3, -0.25) is 19.2 Å². The number of nitrogens with one attached hydrogen (secondary N) is 1. The first kappa shape index (κ1) is 35.8. The number of aliphatic hydroxyl groups is 1. The Balaban J connectivity index is 1.73. The number of halogens is 1. The minimum absolute atomic E-state index is 0.0965. The van der Waals surface area contributed by atoms with Crippen LogP contribution in [-0.2, 0) is 28.7 Å². The van der Waals surface area contributed by atoms with Crippen molar-refractivity contribution in [2.24, 2.45) is 17.8 Å². The Morgan fingerprint density at radius 3 is 2.46 bits per heavy atom. The Morgan fingerprint density at radius 1 is 1.22 bits per heavy atom. The molecule has 0 aromatic heterocycles. The molecule has 3 fully saturated rings. The van der Waals surface area contributed by atoms with Crippen molar-refractivity contribution < 1.29 is 33.8 Å². The molecule has 1 spiro atoms. The quantitative estimate of drug-likeness (QED) is 0.171. The summed E-state index contributed by atoms with van der Waals surface area (Å²) in [6.07, 6.45) is 3.60. The lowest BCUT2D eigenvalue weighted by Gasteiger charge is -2.44. The van der Waals surface area contributed by atoms with E-state index < -0.39 is 59.1 Å². The summed E-state index contributed by atoms with van der Waals surface area (Å²) in [6.45, 7) is 16.8. The summed E-state index contributed by atoms with van der Waals surface area (Å²) in [6, 6.07) is 6.78. The number of fused-ring (bicyclic) bond motifs is 1. The molecule has 1 aromatic carbocycles. The second-order valence-electron chi connectivity index (χ2n) is 13.8. The first-order chi connectivity index (χ1) is 21.7. The summed E-state index contributed by atoms with van der Waals surface area (Å²) in [4.78, 5) is 58.8. The third-order valence-corrected chi connectivity index (χ3v) is 10.3. The van der Waals surface area contributed by atoms with Gasteiger partial charge in [-0.15, -0.1) is 13.2 Å². The van der Waals surface area contributed by atoms with E-state index >= 15 is 0 Å². The van der Waals surface area contributed by atoms with Gasteiger partial charge < -0.3 is 29.7 Å². The zero-order valence-corrected chi connectivity index (χ0v) is 29.1. The molecule has 11 heteroatoms. The summed E-state index contributed by atoms with van der Waals surface area (Å²) in [5.41, 5.74) is -1.16. The van der Waals surface area contributed by atoms with E-state index in [4.69, 9.17) is 9.47 Å². The highest BCUT2D eigenvalue weighted by molar-refractivity contribution is 9.09. The molecule has 4 rings (SSSR count). The van der Waals surface area contributed by atoms with Crippen LogP contribution in [0.15, 0.2) is 55.6 Å². The van der Waals surface area contributed by atoms with E-state index in [2.05, 4.69) is 34.4 Å². The van der Waals surface area contributed by atoms with Crippen LogP contribution in [0.1, 0.15) is 65.5 Å². The number of aliphatic hydroxyl groups excluding tert-OH is 1. The van der Waals surface area contributed by atoms with Crippen molar-refractivity contribution in [2.75, 3.05) is 19.8 Å². The third-order valence-electron chi connectivity index (χ3n) is 9.45. The number of rotatable bonds is 14. The number of allylic oxidation sites excluding steroid dienone is 1. The molecule has 1 unspecified atom stereocenters. The molecule has 3 heterocycles. The number of benzene rings is 1. The maximum absolute atomic E-state index is 14.6. The maximum Gasteiger partial charge on any atom is 0.306 e. The number of hydrogen-bond acceptors (Lipinski definition) is 7. The molecule has 3 amide bonds. The van der Waals surface area contributed by atoms with E-state index in [1.165, 1.54) is 4.90 Å². The number of hydrogen-bond donors (Lipinski definition) is 2. The molecular formula is C35H48BrN3O7. The van der Waals surface area contributed by atoms with Crippen molar-refractivity contribution in [1.29, 1.82) is 0 Å². The van der Waals surface area contributed by atoms with E-state index in [0.717, 1.165) is 5.56 Å². The SMILES string of the molecule is C=CCCC(=O)OC[C@@H](NC(=O)[C@H]1[C@@H]2O[C@@]3(CC2Br)[C@@H]1C(=O)N([C@@H](CO)C(C)C)[C@@H]3C(=O)N(CC=C)C(C)(C)C)c1ccccc1. The van der Waals surface area contributed by atoms with Crippen LogP contribution in [0.5, 0.6) is 0 Å². The van der Waals surface area contributed by atoms with E-state index in [1.807, 2.05) is 65.0 Å². The van der Waals surface area contributed by atoms with Crippen LogP contribution in [0.4, 0.5) is 0 Å². The van der Waals surface area contributed by atoms with Gasteiger partial charge in [0, 0.05) is 23.3 Å². The van der Waals surface area contributed by atoms with E-state index in [1.54, 1.807) is 17.1 Å². The van der Waals surface area contributed by atoms with Gasteiger partial charge in [0.05, 0.1) is 36.6 Å². The Kier molecular flexibility index (Phi) is 11.2. The van der Waals surface area contributed by atoms with Gasteiger partial charge in [0.1, 0.15) is 18.2 Å². The minimum Gasteiger partial charge on any atom is -0.463 e. The zero-order valence-electron chi connectivity index (χ0n) is 27.5. The van der Waals surface area contributed by atoms with Crippen LogP contribution >= 0.6 is 15.9 Å². The molecule has 8 atom stereocenters. The van der Waals surface area contributed by atoms with Crippen LogP contribution in [-0.4, -0.2) is 92.5 Å². The maximum atomic E-state index is 14.6. The molecule has 0 aliphatic carbocycles. The number of likely N-dealkylation sites (tertiary alicyclic amines) is 1. The van der Waals surface area contributed by atoms with Gasteiger partial charge in [-0.05, 0) is 45.1 Å². The van der Waals surface area contributed by atoms with E-state index in [0.29, 0.717) is 12.8 Å². The Morgan fingerprint density at radius 2 is 1.89 bits per heavy atom. The number of carbonyl (C=O) groups excluding carboxylic acids is 4. The van der Waals surface area contributed by atoms with Crippen LogP contribution in [0.3, 0.4) is 0 Å². The molecular weight excluding hydrogens is 654 g/mol. The highest BCUT2D eigenvalue weighted by Crippen LogP contribution is 2.61. The van der Waals surface area contributed by atoms with Gasteiger partial charge in [-0.1, -0.05) is 72.3 Å².